The van der Waals surface area contributed by atoms with E-state index in [9.17, 15) is 0 Å². The zero-order valence-corrected chi connectivity index (χ0v) is 46.4. The van der Waals surface area contributed by atoms with Gasteiger partial charge in [-0.15, -0.1) is 0 Å². The molecule has 0 radical (unpaired) electrons. The maximum absolute atomic E-state index is 7.78. The highest BCUT2D eigenvalue weighted by molar-refractivity contribution is 7.00. The summed E-state index contributed by atoms with van der Waals surface area (Å²) in [5.41, 5.74) is 27.6. The van der Waals surface area contributed by atoms with E-state index in [0.717, 1.165) is 11.2 Å². The van der Waals surface area contributed by atoms with Crippen LogP contribution in [0.4, 0.5) is 34.1 Å². The number of anilines is 6. The second kappa shape index (κ2) is 14.1. The highest BCUT2D eigenvalue weighted by atomic mass is 16.3. The van der Waals surface area contributed by atoms with Gasteiger partial charge in [0.25, 0.3) is 6.71 Å². The maximum Gasteiger partial charge on any atom is 0.297 e. The van der Waals surface area contributed by atoms with E-state index in [1.807, 2.05) is 0 Å². The summed E-state index contributed by atoms with van der Waals surface area (Å²) in [7, 11) is 0. The van der Waals surface area contributed by atoms with Gasteiger partial charge in [-0.3, -0.25) is 0 Å². The van der Waals surface area contributed by atoms with Gasteiger partial charge in [0.1, 0.15) is 5.58 Å². The fraction of sp³-hybridized carbons (Fsp3) is 0.515. The van der Waals surface area contributed by atoms with Gasteiger partial charge in [0.05, 0.1) is 11.3 Å². The Kier molecular flexibility index (Phi) is 9.33. The smallest absolute Gasteiger partial charge is 0.297 e. The Labute approximate surface area is 422 Å². The molecule has 3 heterocycles. The van der Waals surface area contributed by atoms with Crippen LogP contribution in [0.15, 0.2) is 71.1 Å². The van der Waals surface area contributed by atoms with Crippen LogP contribution in [-0.4, -0.2) is 6.71 Å². The molecule has 2 aliphatic heterocycles. The fourth-order valence-electron chi connectivity index (χ4n) is 14.9. The molecule has 0 saturated heterocycles. The van der Waals surface area contributed by atoms with Gasteiger partial charge in [0.2, 0.25) is 0 Å². The van der Waals surface area contributed by atoms with Gasteiger partial charge in [-0.05, 0) is 224 Å². The molecule has 1 aromatic heterocycles. The summed E-state index contributed by atoms with van der Waals surface area (Å²) in [6.45, 7) is 44.2. The number of hydrogen-bond acceptors (Lipinski definition) is 3. The number of aryl methyl sites for hydroxylation is 2. The van der Waals surface area contributed by atoms with Crippen molar-refractivity contribution in [3.05, 3.63) is 122 Å². The van der Waals surface area contributed by atoms with Crippen molar-refractivity contribution >= 4 is 68.4 Å². The molecular weight excluding hydrogens is 848 g/mol. The summed E-state index contributed by atoms with van der Waals surface area (Å²) >= 11 is 0. The SMILES string of the molecule is Cc1cc2c3c(c1)N(c1cc4c(cc1C)C(C)(C)CCC4(C)C)c1c(oc4cc5c(cc14)C(C)(C)CCC5(C)C)B3c1cc3c(cc1N2c1ccc2c(c1)C(C)(C)CCC2(C)C)C(C)(C)CCC3(C)C. The second-order valence-corrected chi connectivity index (χ2v) is 29.0. The van der Waals surface area contributed by atoms with Crippen LogP contribution < -0.4 is 26.4 Å². The predicted molar refractivity (Wildman–Crippen MR) is 301 cm³/mol. The van der Waals surface area contributed by atoms with E-state index in [1.165, 1.54) is 157 Å². The zero-order chi connectivity index (χ0) is 50.0. The predicted octanol–water partition coefficient (Wildman–Crippen LogP) is 16.5. The number of furan rings is 1. The molecule has 0 fully saturated rings. The zero-order valence-electron chi connectivity index (χ0n) is 46.4. The third-order valence-corrected chi connectivity index (χ3v) is 20.3. The minimum absolute atomic E-state index is 0.0387. The summed E-state index contributed by atoms with van der Waals surface area (Å²) in [5.74, 6) is 0. The molecule has 70 heavy (non-hydrogen) atoms. The molecule has 5 aromatic carbocycles. The van der Waals surface area contributed by atoms with Crippen molar-refractivity contribution in [1.82, 2.24) is 0 Å². The van der Waals surface area contributed by atoms with Crippen molar-refractivity contribution < 1.29 is 4.42 Å². The molecule has 0 unspecified atom stereocenters. The fourth-order valence-corrected chi connectivity index (χ4v) is 14.9. The molecule has 6 aromatic rings. The monoisotopic (exact) mass is 929 g/mol. The molecule has 364 valence electrons. The molecule has 0 saturated carbocycles. The van der Waals surface area contributed by atoms with Gasteiger partial charge in [-0.2, -0.15) is 0 Å². The Hall–Kier alpha value is -4.70. The molecule has 4 heteroatoms. The van der Waals surface area contributed by atoms with Gasteiger partial charge in [0, 0.05) is 33.8 Å². The molecule has 0 bridgehead atoms. The van der Waals surface area contributed by atoms with Crippen LogP contribution in [0, 0.1) is 13.8 Å². The van der Waals surface area contributed by atoms with Crippen LogP contribution in [0.1, 0.15) is 218 Å². The van der Waals surface area contributed by atoms with Crippen molar-refractivity contribution in [2.45, 2.75) is 219 Å². The molecular formula is C66H81BN2O. The lowest BCUT2D eigenvalue weighted by molar-refractivity contribution is 0.332. The Morgan fingerprint density at radius 3 is 1.34 bits per heavy atom. The lowest BCUT2D eigenvalue weighted by Gasteiger charge is -2.47. The van der Waals surface area contributed by atoms with Gasteiger partial charge in [-0.25, -0.2) is 0 Å². The molecule has 4 aliphatic carbocycles. The van der Waals surface area contributed by atoms with Crippen LogP contribution in [0.2, 0.25) is 0 Å². The van der Waals surface area contributed by atoms with Crippen LogP contribution in [0.3, 0.4) is 0 Å². The average Bonchev–Trinajstić information content (AvgIpc) is 3.65. The summed E-state index contributed by atoms with van der Waals surface area (Å²) < 4.78 is 7.78. The first-order chi connectivity index (χ1) is 32.4. The first kappa shape index (κ1) is 46.4. The molecule has 12 rings (SSSR count). The van der Waals surface area contributed by atoms with E-state index in [1.54, 1.807) is 0 Å². The number of hydrogen-bond donors (Lipinski definition) is 0. The number of nitrogens with zero attached hydrogens (tertiary/aromatic N) is 2. The number of benzene rings is 5. The van der Waals surface area contributed by atoms with E-state index in [0.29, 0.717) is 0 Å². The molecule has 0 spiro atoms. The van der Waals surface area contributed by atoms with E-state index < -0.39 is 0 Å². The summed E-state index contributed by atoms with van der Waals surface area (Å²) in [4.78, 5) is 5.41. The minimum Gasteiger partial charge on any atom is -0.468 e. The normalized spacial score (nSPS) is 22.8. The van der Waals surface area contributed by atoms with Gasteiger partial charge < -0.3 is 14.2 Å². The Morgan fingerprint density at radius 2 is 0.814 bits per heavy atom. The lowest BCUT2D eigenvalue weighted by atomic mass is 9.35. The van der Waals surface area contributed by atoms with Crippen molar-refractivity contribution in [3.8, 4) is 0 Å². The van der Waals surface area contributed by atoms with Gasteiger partial charge in [-0.1, -0.05) is 129 Å². The van der Waals surface area contributed by atoms with E-state index >= 15 is 0 Å². The molecule has 0 atom stereocenters. The van der Waals surface area contributed by atoms with Gasteiger partial charge in [0.15, 0.2) is 0 Å². The van der Waals surface area contributed by atoms with Crippen LogP contribution in [-0.2, 0) is 43.3 Å². The van der Waals surface area contributed by atoms with Crippen molar-refractivity contribution in [1.29, 1.82) is 0 Å². The standard InChI is InChI=1S/C66H81BN2O/c1-38-29-53-56-54(30-38)69(51-35-47-43(31-39(51)2)60(5,6)23-26-64(47,13)14)57-41-33-45-49(66(17,18)28-24-62(45,9)10)37-55(41)70-58(57)67(56)50-34-46-48(65(15,16)27-25-63(46,11)12)36-52(50)68(53)40-19-20-42-44(32-40)61(7,8)22-21-59(42,3)4/h19-20,29-37H,21-28H2,1-18H3. The molecule has 3 nitrogen and oxygen atoms in total. The Balaban J connectivity index is 1.23. The third-order valence-electron chi connectivity index (χ3n) is 20.3. The summed E-state index contributed by atoms with van der Waals surface area (Å²) in [6.07, 6.45) is 9.43. The average molecular weight is 929 g/mol. The molecule has 6 aliphatic rings. The topological polar surface area (TPSA) is 19.6 Å². The van der Waals surface area contributed by atoms with Crippen molar-refractivity contribution in [2.75, 3.05) is 9.80 Å². The lowest BCUT2D eigenvalue weighted by Crippen LogP contribution is -2.61. The van der Waals surface area contributed by atoms with Crippen LogP contribution >= 0.6 is 0 Å². The van der Waals surface area contributed by atoms with E-state index in [-0.39, 0.29) is 50.0 Å². The van der Waals surface area contributed by atoms with Crippen molar-refractivity contribution in [3.63, 3.8) is 0 Å². The largest absolute Gasteiger partial charge is 0.468 e. The third kappa shape index (κ3) is 6.38. The Morgan fingerprint density at radius 1 is 0.400 bits per heavy atom. The van der Waals surface area contributed by atoms with Crippen LogP contribution in [0.25, 0.3) is 11.0 Å². The highest BCUT2D eigenvalue weighted by Gasteiger charge is 2.51. The van der Waals surface area contributed by atoms with Crippen LogP contribution in [0.5, 0.6) is 0 Å². The highest BCUT2D eigenvalue weighted by Crippen LogP contribution is 2.56. The first-order valence-electron chi connectivity index (χ1n) is 27.3. The first-order valence-corrected chi connectivity index (χ1v) is 27.3. The van der Waals surface area contributed by atoms with E-state index in [4.69, 9.17) is 4.42 Å². The Bertz CT molecular complexity index is 3270. The van der Waals surface area contributed by atoms with Gasteiger partial charge >= 0.3 is 0 Å². The number of rotatable bonds is 2. The molecule has 0 N–H and O–H groups in total. The summed E-state index contributed by atoms with van der Waals surface area (Å²) in [6, 6.07) is 28.2. The second-order valence-electron chi connectivity index (χ2n) is 29.0. The van der Waals surface area contributed by atoms with Crippen molar-refractivity contribution in [2.24, 2.45) is 0 Å². The van der Waals surface area contributed by atoms with E-state index in [2.05, 4.69) is 201 Å². The number of fused-ring (bicyclic) bond motifs is 10. The minimum atomic E-state index is -0.0963. The maximum atomic E-state index is 7.78. The quantitative estimate of drug-likeness (QED) is 0.161. The summed E-state index contributed by atoms with van der Waals surface area (Å²) in [5, 5.41) is 1.24. The molecule has 0 amide bonds.